The normalized spacial score (nSPS) is 15.0. The molecule has 4 rings (SSSR count). The van der Waals surface area contributed by atoms with Crippen LogP contribution in [0.4, 0.5) is 29.3 Å². The Morgan fingerprint density at radius 1 is 1.19 bits per heavy atom. The molecule has 0 aliphatic carbocycles. The van der Waals surface area contributed by atoms with E-state index in [1.165, 1.54) is 0 Å². The molecule has 2 heterocycles. The Bertz CT molecular complexity index is 1460. The van der Waals surface area contributed by atoms with Crippen LogP contribution in [-0.4, -0.2) is 90.2 Å². The molecule has 232 valence electrons. The number of carbonyl (C=O) groups excluding carboxylic acids is 1. The van der Waals surface area contributed by atoms with Crippen molar-refractivity contribution in [3.05, 3.63) is 48.2 Å². The number of methoxy groups -OCH3 is 1. The number of benzene rings is 2. The summed E-state index contributed by atoms with van der Waals surface area (Å²) in [5.41, 5.74) is 1.57. The summed E-state index contributed by atoms with van der Waals surface area (Å²) in [4.78, 5) is 15.9. The van der Waals surface area contributed by atoms with Crippen molar-refractivity contribution in [2.45, 2.75) is 42.6 Å². The monoisotopic (exact) mass is 619 g/mol. The number of ether oxygens (including phenoxy) is 1. The highest BCUT2D eigenvalue weighted by Crippen LogP contribution is 2.31. The number of aromatic nitrogens is 1. The number of hydrogen-bond donors (Lipinski definition) is 5. The summed E-state index contributed by atoms with van der Waals surface area (Å²) in [5, 5.41) is 28.0. The SMILES string of the molecule is COc1cc(SC)ccc1NCC#Cc1cc2c(NC(=O)NC3CCN(CC(O)CO)CC3)cccc2n1CC(F)(F)F. The van der Waals surface area contributed by atoms with Gasteiger partial charge in [0.05, 0.1) is 49.0 Å². The molecule has 1 fully saturated rings. The highest BCUT2D eigenvalue weighted by atomic mass is 32.2. The van der Waals surface area contributed by atoms with Gasteiger partial charge in [0, 0.05) is 36.0 Å². The number of thioether (sulfide) groups is 1. The van der Waals surface area contributed by atoms with Gasteiger partial charge in [-0.05, 0) is 61.4 Å². The molecule has 1 aliphatic heterocycles. The zero-order valence-electron chi connectivity index (χ0n) is 24.0. The maximum Gasteiger partial charge on any atom is 0.406 e. The summed E-state index contributed by atoms with van der Waals surface area (Å²) in [5.74, 6) is 6.41. The first kappa shape index (κ1) is 32.3. The van der Waals surface area contributed by atoms with Crippen molar-refractivity contribution in [1.29, 1.82) is 0 Å². The lowest BCUT2D eigenvalue weighted by molar-refractivity contribution is -0.140. The molecular formula is C30H36F3N5O4S. The molecule has 3 aromatic rings. The van der Waals surface area contributed by atoms with Crippen LogP contribution >= 0.6 is 11.8 Å². The van der Waals surface area contributed by atoms with E-state index in [4.69, 9.17) is 9.84 Å². The van der Waals surface area contributed by atoms with Crippen LogP contribution in [-0.2, 0) is 6.54 Å². The maximum atomic E-state index is 13.6. The number of fused-ring (bicyclic) bond motifs is 1. The third-order valence-corrected chi connectivity index (χ3v) is 7.85. The quantitative estimate of drug-likeness (QED) is 0.170. The second-order valence-electron chi connectivity index (χ2n) is 10.2. The first-order valence-electron chi connectivity index (χ1n) is 13.8. The number of nitrogens with one attached hydrogen (secondary N) is 3. The predicted octanol–water partition coefficient (Wildman–Crippen LogP) is 4.34. The number of halogens is 3. The van der Waals surface area contributed by atoms with Crippen LogP contribution in [0.15, 0.2) is 47.4 Å². The van der Waals surface area contributed by atoms with Crippen LogP contribution in [0.25, 0.3) is 10.9 Å². The number of alkyl halides is 3. The van der Waals surface area contributed by atoms with Gasteiger partial charge in [-0.25, -0.2) is 4.79 Å². The van der Waals surface area contributed by atoms with Gasteiger partial charge in [0.15, 0.2) is 0 Å². The summed E-state index contributed by atoms with van der Waals surface area (Å²) >= 11 is 1.58. The Hall–Kier alpha value is -3.57. The number of aliphatic hydroxyl groups is 2. The molecule has 2 aromatic carbocycles. The van der Waals surface area contributed by atoms with E-state index in [0.29, 0.717) is 54.8 Å². The number of aliphatic hydroxyl groups excluding tert-OH is 2. The largest absolute Gasteiger partial charge is 0.495 e. The summed E-state index contributed by atoms with van der Waals surface area (Å²) in [6.07, 6.45) is -1.99. The summed E-state index contributed by atoms with van der Waals surface area (Å²) in [6.45, 7) is 0.330. The number of likely N-dealkylation sites (tertiary alicyclic amines) is 1. The average molecular weight is 620 g/mol. The first-order chi connectivity index (χ1) is 20.6. The van der Waals surface area contributed by atoms with Crippen LogP contribution in [0.2, 0.25) is 0 Å². The molecule has 9 nitrogen and oxygen atoms in total. The Balaban J connectivity index is 1.47. The number of hydrogen-bond acceptors (Lipinski definition) is 7. The fourth-order valence-electron chi connectivity index (χ4n) is 5.02. The molecule has 1 aromatic heterocycles. The van der Waals surface area contributed by atoms with Crippen molar-refractivity contribution in [1.82, 2.24) is 14.8 Å². The number of nitrogens with zero attached hydrogens (tertiary/aromatic N) is 2. The van der Waals surface area contributed by atoms with Crippen molar-refractivity contribution >= 4 is 40.1 Å². The first-order valence-corrected chi connectivity index (χ1v) is 15.0. The van der Waals surface area contributed by atoms with E-state index >= 15 is 0 Å². The fraction of sp³-hybridized carbons (Fsp3) is 0.433. The van der Waals surface area contributed by atoms with E-state index in [0.717, 1.165) is 15.1 Å². The van der Waals surface area contributed by atoms with Crippen LogP contribution < -0.4 is 20.7 Å². The van der Waals surface area contributed by atoms with Crippen molar-refractivity contribution in [2.24, 2.45) is 0 Å². The van der Waals surface area contributed by atoms with Gasteiger partial charge in [0.2, 0.25) is 0 Å². The molecule has 0 bridgehead atoms. The number of rotatable bonds is 10. The number of anilines is 2. The van der Waals surface area contributed by atoms with Crippen LogP contribution in [0.3, 0.4) is 0 Å². The molecule has 2 amide bonds. The molecule has 43 heavy (non-hydrogen) atoms. The lowest BCUT2D eigenvalue weighted by Gasteiger charge is -2.33. The van der Waals surface area contributed by atoms with Gasteiger partial charge >= 0.3 is 12.2 Å². The number of carbonyl (C=O) groups is 1. The van der Waals surface area contributed by atoms with E-state index in [1.807, 2.05) is 29.4 Å². The van der Waals surface area contributed by atoms with E-state index in [2.05, 4.69) is 27.8 Å². The van der Waals surface area contributed by atoms with Gasteiger partial charge in [-0.15, -0.1) is 11.8 Å². The summed E-state index contributed by atoms with van der Waals surface area (Å²) in [7, 11) is 1.56. The third kappa shape index (κ3) is 8.96. The number of β-amino-alcohol motifs (C(OH)–C–C–N with tert-alkyl or cyclic N) is 1. The minimum absolute atomic E-state index is 0.0963. The second-order valence-corrected chi connectivity index (χ2v) is 11.1. The smallest absolute Gasteiger partial charge is 0.406 e. The summed E-state index contributed by atoms with van der Waals surface area (Å²) < 4.78 is 47.2. The van der Waals surface area contributed by atoms with Gasteiger partial charge in [-0.1, -0.05) is 12.0 Å². The van der Waals surface area contributed by atoms with Gasteiger partial charge < -0.3 is 40.4 Å². The number of piperidine rings is 1. The number of urea groups is 1. The van der Waals surface area contributed by atoms with Gasteiger partial charge in [-0.3, -0.25) is 0 Å². The molecule has 0 spiro atoms. The van der Waals surface area contributed by atoms with Crippen LogP contribution in [0.1, 0.15) is 18.5 Å². The predicted molar refractivity (Wildman–Crippen MR) is 163 cm³/mol. The van der Waals surface area contributed by atoms with Crippen LogP contribution in [0, 0.1) is 11.8 Å². The number of amides is 2. The molecule has 1 saturated heterocycles. The zero-order chi connectivity index (χ0) is 31.0. The highest BCUT2D eigenvalue weighted by Gasteiger charge is 2.30. The standard InChI is InChI=1S/C30H36F3N5O4S/c1-42-28-16-23(43-2)8-9-26(28)34-12-4-5-21-15-24-25(6-3-7-27(24)38(21)19-30(31,32)33)36-29(41)35-20-10-13-37(14-11-20)17-22(40)18-39/h3,6-9,15-16,20,22,34,39-40H,10-14,17-19H2,1-2H3,(H2,35,36,41). The Labute approximate surface area is 252 Å². The van der Waals surface area contributed by atoms with Crippen molar-refractivity contribution < 1.29 is 32.9 Å². The third-order valence-electron chi connectivity index (χ3n) is 7.13. The van der Waals surface area contributed by atoms with Crippen molar-refractivity contribution in [2.75, 3.05) is 56.8 Å². The molecule has 5 N–H and O–H groups in total. The maximum absolute atomic E-state index is 13.6. The van der Waals surface area contributed by atoms with E-state index in [9.17, 15) is 23.1 Å². The Morgan fingerprint density at radius 2 is 1.95 bits per heavy atom. The lowest BCUT2D eigenvalue weighted by atomic mass is 10.0. The fourth-order valence-corrected chi connectivity index (χ4v) is 5.45. The molecular weight excluding hydrogens is 583 g/mol. The highest BCUT2D eigenvalue weighted by molar-refractivity contribution is 7.98. The van der Waals surface area contributed by atoms with E-state index < -0.39 is 24.9 Å². The average Bonchev–Trinajstić information content (AvgIpc) is 3.32. The molecule has 0 radical (unpaired) electrons. The van der Waals surface area contributed by atoms with E-state index in [1.54, 1.807) is 43.1 Å². The van der Waals surface area contributed by atoms with Crippen LogP contribution in [0.5, 0.6) is 5.75 Å². The van der Waals surface area contributed by atoms with E-state index in [-0.39, 0.29) is 24.9 Å². The molecule has 13 heteroatoms. The van der Waals surface area contributed by atoms with Gasteiger partial charge in [-0.2, -0.15) is 13.2 Å². The van der Waals surface area contributed by atoms with Gasteiger partial charge in [0.25, 0.3) is 0 Å². The topological polar surface area (TPSA) is 111 Å². The minimum Gasteiger partial charge on any atom is -0.495 e. The van der Waals surface area contributed by atoms with Crippen molar-refractivity contribution in [3.63, 3.8) is 0 Å². The second kappa shape index (κ2) is 14.7. The summed E-state index contributed by atoms with van der Waals surface area (Å²) in [6, 6.07) is 11.5. The minimum atomic E-state index is -4.48. The molecule has 0 saturated carbocycles. The Morgan fingerprint density at radius 3 is 2.63 bits per heavy atom. The van der Waals surface area contributed by atoms with Gasteiger partial charge in [0.1, 0.15) is 12.3 Å². The Kier molecular flexibility index (Phi) is 11.1. The van der Waals surface area contributed by atoms with Crippen molar-refractivity contribution in [3.8, 4) is 17.6 Å². The molecule has 1 unspecified atom stereocenters. The lowest BCUT2D eigenvalue weighted by Crippen LogP contribution is -2.47. The molecule has 1 aliphatic rings. The molecule has 1 atom stereocenters. The zero-order valence-corrected chi connectivity index (χ0v) is 24.8.